The maximum atomic E-state index is 11.7. The summed E-state index contributed by atoms with van der Waals surface area (Å²) in [5, 5.41) is 12.8. The second-order valence-electron chi connectivity index (χ2n) is 3.60. The smallest absolute Gasteiger partial charge is 0.321 e. The number of imide groups is 1. The van der Waals surface area contributed by atoms with Crippen LogP contribution in [0.2, 0.25) is 0 Å². The molecule has 1 atom stereocenters. The van der Waals surface area contributed by atoms with Gasteiger partial charge in [-0.1, -0.05) is 11.8 Å². The Balaban J connectivity index is 2.66. The fourth-order valence-electron chi connectivity index (χ4n) is 1.30. The second kappa shape index (κ2) is 6.39. The first-order valence-corrected chi connectivity index (χ1v) is 6.46. The maximum Gasteiger partial charge on any atom is 0.321 e. The van der Waals surface area contributed by atoms with E-state index < -0.39 is 11.3 Å². The minimum atomic E-state index is -0.513. The zero-order chi connectivity index (χ0) is 13.7. The van der Waals surface area contributed by atoms with Gasteiger partial charge < -0.3 is 9.88 Å². The van der Waals surface area contributed by atoms with Gasteiger partial charge in [-0.15, -0.1) is 10.2 Å². The number of hydrogen-bond donors (Lipinski definition) is 2. The van der Waals surface area contributed by atoms with E-state index in [1.54, 1.807) is 6.92 Å². The molecule has 0 spiro atoms. The molecule has 18 heavy (non-hydrogen) atoms. The van der Waals surface area contributed by atoms with Gasteiger partial charge in [0, 0.05) is 13.6 Å². The number of rotatable bonds is 4. The standard InChI is InChI=1S/C10H17N5O2S/c1-5-15-7(3)13-14-10(15)18-6(2)8(16)12-9(17)11-4/h6H,5H2,1-4H3,(H2,11,12,16,17)/t6-/m1/s1. The summed E-state index contributed by atoms with van der Waals surface area (Å²) in [6, 6.07) is -0.513. The number of hydrogen-bond acceptors (Lipinski definition) is 5. The zero-order valence-corrected chi connectivity index (χ0v) is 11.7. The number of thioether (sulfide) groups is 1. The Hall–Kier alpha value is -1.57. The molecule has 8 heteroatoms. The summed E-state index contributed by atoms with van der Waals surface area (Å²) in [6.07, 6.45) is 0. The Bertz CT molecular complexity index is 445. The van der Waals surface area contributed by atoms with Crippen molar-refractivity contribution in [1.29, 1.82) is 0 Å². The first-order valence-electron chi connectivity index (χ1n) is 5.58. The van der Waals surface area contributed by atoms with Gasteiger partial charge in [-0.25, -0.2) is 4.79 Å². The Kier molecular flexibility index (Phi) is 5.14. The maximum absolute atomic E-state index is 11.7. The van der Waals surface area contributed by atoms with Crippen molar-refractivity contribution in [2.45, 2.75) is 37.7 Å². The van der Waals surface area contributed by atoms with Gasteiger partial charge in [-0.3, -0.25) is 10.1 Å². The van der Waals surface area contributed by atoms with E-state index in [0.29, 0.717) is 5.16 Å². The van der Waals surface area contributed by atoms with E-state index in [1.807, 2.05) is 18.4 Å². The molecule has 0 aliphatic rings. The van der Waals surface area contributed by atoms with Gasteiger partial charge in [0.2, 0.25) is 5.91 Å². The molecule has 0 fully saturated rings. The molecule has 0 radical (unpaired) electrons. The molecule has 100 valence electrons. The van der Waals surface area contributed by atoms with Crippen LogP contribution in [0.3, 0.4) is 0 Å². The van der Waals surface area contributed by atoms with Crippen LogP contribution < -0.4 is 10.6 Å². The summed E-state index contributed by atoms with van der Waals surface area (Å²) in [5.41, 5.74) is 0. The van der Waals surface area contributed by atoms with E-state index in [-0.39, 0.29) is 5.91 Å². The van der Waals surface area contributed by atoms with Crippen molar-refractivity contribution < 1.29 is 9.59 Å². The second-order valence-corrected chi connectivity index (χ2v) is 4.91. The van der Waals surface area contributed by atoms with Crippen molar-refractivity contribution in [2.75, 3.05) is 7.05 Å². The number of amides is 3. The normalized spacial score (nSPS) is 12.0. The zero-order valence-electron chi connectivity index (χ0n) is 10.9. The summed E-state index contributed by atoms with van der Waals surface area (Å²) >= 11 is 1.27. The molecule has 7 nitrogen and oxygen atoms in total. The molecule has 1 aromatic rings. The lowest BCUT2D eigenvalue weighted by atomic mass is 10.4. The molecule has 0 saturated heterocycles. The molecule has 0 bridgehead atoms. The highest BCUT2D eigenvalue weighted by Crippen LogP contribution is 2.22. The summed E-state index contributed by atoms with van der Waals surface area (Å²) < 4.78 is 1.91. The molecule has 0 unspecified atom stereocenters. The Morgan fingerprint density at radius 2 is 2.11 bits per heavy atom. The number of carbonyl (C=O) groups excluding carboxylic acids is 2. The molecule has 1 aromatic heterocycles. The fraction of sp³-hybridized carbons (Fsp3) is 0.600. The van der Waals surface area contributed by atoms with E-state index in [1.165, 1.54) is 18.8 Å². The van der Waals surface area contributed by atoms with E-state index >= 15 is 0 Å². The third kappa shape index (κ3) is 3.46. The third-order valence-electron chi connectivity index (χ3n) is 2.33. The van der Waals surface area contributed by atoms with Crippen molar-refractivity contribution in [1.82, 2.24) is 25.4 Å². The summed E-state index contributed by atoms with van der Waals surface area (Å²) in [7, 11) is 1.46. The quantitative estimate of drug-likeness (QED) is 0.780. The van der Waals surface area contributed by atoms with Crippen molar-refractivity contribution in [2.24, 2.45) is 0 Å². The molecular formula is C10H17N5O2S. The summed E-state index contributed by atoms with van der Waals surface area (Å²) in [4.78, 5) is 22.7. The minimum Gasteiger partial charge on any atom is -0.341 e. The van der Waals surface area contributed by atoms with E-state index in [2.05, 4.69) is 20.8 Å². The van der Waals surface area contributed by atoms with Gasteiger partial charge in [0.15, 0.2) is 5.16 Å². The Labute approximate surface area is 110 Å². The number of aromatic nitrogens is 3. The predicted molar refractivity (Wildman–Crippen MR) is 68.4 cm³/mol. The van der Waals surface area contributed by atoms with Crippen LogP contribution in [-0.2, 0) is 11.3 Å². The number of carbonyl (C=O) groups is 2. The van der Waals surface area contributed by atoms with Gasteiger partial charge in [0.05, 0.1) is 5.25 Å². The van der Waals surface area contributed by atoms with Gasteiger partial charge in [-0.2, -0.15) is 0 Å². The van der Waals surface area contributed by atoms with Crippen LogP contribution in [0.5, 0.6) is 0 Å². The van der Waals surface area contributed by atoms with Crippen LogP contribution in [0, 0.1) is 6.92 Å². The Morgan fingerprint density at radius 3 is 2.67 bits per heavy atom. The first kappa shape index (κ1) is 14.5. The molecular weight excluding hydrogens is 254 g/mol. The van der Waals surface area contributed by atoms with Crippen molar-refractivity contribution in [3.63, 3.8) is 0 Å². The van der Waals surface area contributed by atoms with E-state index in [9.17, 15) is 9.59 Å². The molecule has 1 rings (SSSR count). The van der Waals surface area contributed by atoms with Crippen LogP contribution in [0.1, 0.15) is 19.7 Å². The molecule has 2 N–H and O–H groups in total. The summed E-state index contributed by atoms with van der Waals surface area (Å²) in [5.74, 6) is 0.446. The molecule has 1 heterocycles. The molecule has 0 aliphatic heterocycles. The number of aryl methyl sites for hydroxylation is 1. The minimum absolute atomic E-state index is 0.359. The number of nitrogens with zero attached hydrogens (tertiary/aromatic N) is 3. The van der Waals surface area contributed by atoms with Gasteiger partial charge in [-0.05, 0) is 20.8 Å². The van der Waals surface area contributed by atoms with E-state index in [0.717, 1.165) is 12.4 Å². The van der Waals surface area contributed by atoms with Crippen LogP contribution in [0.15, 0.2) is 5.16 Å². The van der Waals surface area contributed by atoms with Crippen LogP contribution in [0.4, 0.5) is 4.79 Å². The number of nitrogens with one attached hydrogen (secondary N) is 2. The number of urea groups is 1. The lowest BCUT2D eigenvalue weighted by Crippen LogP contribution is -2.41. The topological polar surface area (TPSA) is 88.9 Å². The fourth-order valence-corrected chi connectivity index (χ4v) is 2.26. The highest BCUT2D eigenvalue weighted by molar-refractivity contribution is 8.00. The van der Waals surface area contributed by atoms with Crippen LogP contribution in [-0.4, -0.2) is 39.0 Å². The van der Waals surface area contributed by atoms with Crippen LogP contribution in [0.25, 0.3) is 0 Å². The molecule has 0 saturated carbocycles. The average Bonchev–Trinajstić information content (AvgIpc) is 2.69. The van der Waals surface area contributed by atoms with Crippen molar-refractivity contribution >= 4 is 23.7 Å². The highest BCUT2D eigenvalue weighted by atomic mass is 32.2. The SMILES string of the molecule is CCn1c(C)nnc1S[C@H](C)C(=O)NC(=O)NC. The lowest BCUT2D eigenvalue weighted by Gasteiger charge is -2.11. The van der Waals surface area contributed by atoms with Crippen LogP contribution >= 0.6 is 11.8 Å². The van der Waals surface area contributed by atoms with Crippen molar-refractivity contribution in [3.8, 4) is 0 Å². The molecule has 3 amide bonds. The highest BCUT2D eigenvalue weighted by Gasteiger charge is 2.19. The van der Waals surface area contributed by atoms with E-state index in [4.69, 9.17) is 0 Å². The Morgan fingerprint density at radius 1 is 1.44 bits per heavy atom. The van der Waals surface area contributed by atoms with Crippen molar-refractivity contribution in [3.05, 3.63) is 5.82 Å². The average molecular weight is 271 g/mol. The third-order valence-corrected chi connectivity index (χ3v) is 3.41. The summed E-state index contributed by atoms with van der Waals surface area (Å²) in [6.45, 7) is 6.30. The molecule has 0 aliphatic carbocycles. The predicted octanol–water partition coefficient (Wildman–Crippen LogP) is 0.543. The largest absolute Gasteiger partial charge is 0.341 e. The lowest BCUT2D eigenvalue weighted by molar-refractivity contribution is -0.119. The first-order chi connectivity index (χ1) is 8.49. The van der Waals surface area contributed by atoms with Gasteiger partial charge in [0.25, 0.3) is 0 Å². The molecule has 0 aromatic carbocycles. The monoisotopic (exact) mass is 271 g/mol. The van der Waals surface area contributed by atoms with Gasteiger partial charge in [0.1, 0.15) is 5.82 Å². The van der Waals surface area contributed by atoms with Gasteiger partial charge >= 0.3 is 6.03 Å².